The molecule has 2 N–H and O–H groups in total. The zero-order valence-corrected chi connectivity index (χ0v) is 15.6. The quantitative estimate of drug-likeness (QED) is 0.406. The van der Waals surface area contributed by atoms with E-state index >= 15 is 0 Å². The Morgan fingerprint density at radius 3 is 2.48 bits per heavy atom. The maximum atomic E-state index is 12.3. The molecule has 0 spiro atoms. The molecule has 5 nitrogen and oxygen atoms in total. The summed E-state index contributed by atoms with van der Waals surface area (Å²) in [6, 6.07) is 16.4. The van der Waals surface area contributed by atoms with Crippen molar-refractivity contribution >= 4 is 23.1 Å². The number of aryl methyl sites for hydroxylation is 1. The van der Waals surface area contributed by atoms with Crippen molar-refractivity contribution in [1.82, 2.24) is 0 Å². The molecular formula is C22H23N3O2. The van der Waals surface area contributed by atoms with E-state index in [2.05, 4.69) is 17.6 Å². The number of unbranched alkanes of at least 4 members (excludes halogenated alkanes) is 1. The van der Waals surface area contributed by atoms with Crippen LogP contribution < -0.4 is 10.6 Å². The van der Waals surface area contributed by atoms with Crippen LogP contribution in [0.15, 0.2) is 60.3 Å². The lowest BCUT2D eigenvalue weighted by Crippen LogP contribution is -2.14. The van der Waals surface area contributed by atoms with Gasteiger partial charge in [0.15, 0.2) is 5.78 Å². The monoisotopic (exact) mass is 361 g/mol. The van der Waals surface area contributed by atoms with Crippen LogP contribution in [0.1, 0.15) is 42.6 Å². The maximum absolute atomic E-state index is 12.3. The molecule has 0 aliphatic carbocycles. The van der Waals surface area contributed by atoms with Gasteiger partial charge in [-0.1, -0.05) is 37.6 Å². The lowest BCUT2D eigenvalue weighted by atomic mass is 10.1. The highest BCUT2D eigenvalue weighted by Gasteiger charge is 2.09. The predicted octanol–water partition coefficient (Wildman–Crippen LogP) is 4.69. The Hall–Kier alpha value is -3.39. The first-order chi connectivity index (χ1) is 13.0. The van der Waals surface area contributed by atoms with Crippen molar-refractivity contribution in [2.24, 2.45) is 0 Å². The van der Waals surface area contributed by atoms with E-state index in [0.717, 1.165) is 19.3 Å². The summed E-state index contributed by atoms with van der Waals surface area (Å²) in [5.74, 6) is -0.544. The fourth-order valence-electron chi connectivity index (χ4n) is 2.47. The number of hydrogen-bond acceptors (Lipinski definition) is 4. The molecule has 138 valence electrons. The molecule has 27 heavy (non-hydrogen) atoms. The third-order valence-corrected chi connectivity index (χ3v) is 4.05. The summed E-state index contributed by atoms with van der Waals surface area (Å²) in [4.78, 5) is 23.7. The molecule has 0 heterocycles. The molecule has 0 bridgehead atoms. The van der Waals surface area contributed by atoms with E-state index in [4.69, 9.17) is 0 Å². The van der Waals surface area contributed by atoms with Crippen molar-refractivity contribution in [3.05, 3.63) is 71.4 Å². The number of hydrogen-bond donors (Lipinski definition) is 2. The van der Waals surface area contributed by atoms with E-state index in [1.54, 1.807) is 24.3 Å². The molecule has 0 saturated carbocycles. The SMILES string of the molecule is CCCCc1ccc(NC(=O)/C(C#N)=C\Nc2cccc(C(C)=O)c2)cc1. The summed E-state index contributed by atoms with van der Waals surface area (Å²) >= 11 is 0. The van der Waals surface area contributed by atoms with E-state index < -0.39 is 5.91 Å². The molecule has 2 rings (SSSR count). The Bertz CT molecular complexity index is 877. The standard InChI is InChI=1S/C22H23N3O2/c1-3-4-6-17-9-11-20(12-10-17)25-22(27)19(14-23)15-24-21-8-5-7-18(13-21)16(2)26/h5,7-13,15,24H,3-4,6H2,1-2H3,(H,25,27)/b19-15-. The van der Waals surface area contributed by atoms with Crippen molar-refractivity contribution in [1.29, 1.82) is 5.26 Å². The maximum Gasteiger partial charge on any atom is 0.267 e. The van der Waals surface area contributed by atoms with Gasteiger partial charge in [-0.15, -0.1) is 0 Å². The molecular weight excluding hydrogens is 338 g/mol. The highest BCUT2D eigenvalue weighted by molar-refractivity contribution is 6.06. The number of carbonyl (C=O) groups is 2. The molecule has 2 aromatic rings. The highest BCUT2D eigenvalue weighted by Crippen LogP contribution is 2.14. The molecule has 0 aliphatic rings. The van der Waals surface area contributed by atoms with Crippen LogP contribution in [0.5, 0.6) is 0 Å². The van der Waals surface area contributed by atoms with Crippen molar-refractivity contribution in [2.45, 2.75) is 33.1 Å². The number of benzene rings is 2. The molecule has 2 aromatic carbocycles. The van der Waals surface area contributed by atoms with Gasteiger partial charge in [0.1, 0.15) is 11.6 Å². The van der Waals surface area contributed by atoms with Crippen molar-refractivity contribution < 1.29 is 9.59 Å². The number of nitrogens with zero attached hydrogens (tertiary/aromatic N) is 1. The van der Waals surface area contributed by atoms with Gasteiger partial charge in [0.2, 0.25) is 0 Å². The van der Waals surface area contributed by atoms with Crippen molar-refractivity contribution in [3.63, 3.8) is 0 Å². The second-order valence-corrected chi connectivity index (χ2v) is 6.21. The van der Waals surface area contributed by atoms with Crippen LogP contribution in [-0.4, -0.2) is 11.7 Å². The average Bonchev–Trinajstić information content (AvgIpc) is 2.68. The first-order valence-corrected chi connectivity index (χ1v) is 8.91. The minimum absolute atomic E-state index is 0.0525. The second-order valence-electron chi connectivity index (χ2n) is 6.21. The van der Waals surface area contributed by atoms with Gasteiger partial charge in [-0.05, 0) is 49.6 Å². The minimum Gasteiger partial charge on any atom is -0.360 e. The molecule has 0 aliphatic heterocycles. The summed E-state index contributed by atoms with van der Waals surface area (Å²) in [5.41, 5.74) is 2.99. The summed E-state index contributed by atoms with van der Waals surface area (Å²) in [5, 5.41) is 14.9. The summed E-state index contributed by atoms with van der Waals surface area (Å²) in [6.45, 7) is 3.63. The van der Waals surface area contributed by atoms with Crippen LogP contribution in [0.3, 0.4) is 0 Å². The van der Waals surface area contributed by atoms with Gasteiger partial charge in [0, 0.05) is 23.1 Å². The van der Waals surface area contributed by atoms with E-state index in [-0.39, 0.29) is 11.4 Å². The van der Waals surface area contributed by atoms with Gasteiger partial charge in [0.25, 0.3) is 5.91 Å². The van der Waals surface area contributed by atoms with Crippen molar-refractivity contribution in [3.8, 4) is 6.07 Å². The molecule has 1 amide bonds. The largest absolute Gasteiger partial charge is 0.360 e. The van der Waals surface area contributed by atoms with Gasteiger partial charge >= 0.3 is 0 Å². The van der Waals surface area contributed by atoms with Crippen LogP contribution in [0, 0.1) is 11.3 Å². The van der Waals surface area contributed by atoms with Gasteiger partial charge in [0.05, 0.1) is 0 Å². The zero-order valence-electron chi connectivity index (χ0n) is 15.6. The lowest BCUT2D eigenvalue weighted by Gasteiger charge is -2.07. The number of ketones is 1. The minimum atomic E-state index is -0.492. The Labute approximate surface area is 159 Å². The second kappa shape index (κ2) is 9.93. The summed E-state index contributed by atoms with van der Waals surface area (Å²) in [7, 11) is 0. The highest BCUT2D eigenvalue weighted by atomic mass is 16.1. The van der Waals surface area contributed by atoms with Crippen LogP contribution >= 0.6 is 0 Å². The normalized spacial score (nSPS) is 10.8. The number of rotatable bonds is 8. The third-order valence-electron chi connectivity index (χ3n) is 4.05. The zero-order chi connectivity index (χ0) is 19.6. The summed E-state index contributed by atoms with van der Waals surface area (Å²) < 4.78 is 0. The van der Waals surface area contributed by atoms with Gasteiger partial charge in [-0.25, -0.2) is 0 Å². The number of amides is 1. The number of nitrogens with one attached hydrogen (secondary N) is 2. The predicted molar refractivity (Wildman–Crippen MR) is 107 cm³/mol. The summed E-state index contributed by atoms with van der Waals surface area (Å²) in [6.07, 6.45) is 4.61. The third kappa shape index (κ3) is 6.12. The Morgan fingerprint density at radius 2 is 1.85 bits per heavy atom. The van der Waals surface area contributed by atoms with E-state index in [1.165, 1.54) is 18.7 Å². The Morgan fingerprint density at radius 1 is 1.11 bits per heavy atom. The molecule has 0 fully saturated rings. The molecule has 5 heteroatoms. The molecule has 0 radical (unpaired) electrons. The van der Waals surface area contributed by atoms with Gasteiger partial charge in [-0.2, -0.15) is 5.26 Å². The fraction of sp³-hybridized carbons (Fsp3) is 0.227. The van der Waals surface area contributed by atoms with Crippen LogP contribution in [0.2, 0.25) is 0 Å². The molecule has 0 atom stereocenters. The van der Waals surface area contributed by atoms with Gasteiger partial charge < -0.3 is 10.6 Å². The van der Waals surface area contributed by atoms with Crippen LogP contribution in [0.25, 0.3) is 0 Å². The topological polar surface area (TPSA) is 82.0 Å². The van der Waals surface area contributed by atoms with Gasteiger partial charge in [-0.3, -0.25) is 9.59 Å². The van der Waals surface area contributed by atoms with Crippen LogP contribution in [0.4, 0.5) is 11.4 Å². The Balaban J connectivity index is 2.02. The van der Waals surface area contributed by atoms with E-state index in [9.17, 15) is 14.9 Å². The number of nitriles is 1. The Kier molecular flexibility index (Phi) is 7.33. The van der Waals surface area contributed by atoms with Crippen LogP contribution in [-0.2, 0) is 11.2 Å². The van der Waals surface area contributed by atoms with Crippen molar-refractivity contribution in [2.75, 3.05) is 10.6 Å². The number of carbonyl (C=O) groups excluding carboxylic acids is 2. The molecule has 0 saturated heterocycles. The number of anilines is 2. The van der Waals surface area contributed by atoms with E-state index in [1.807, 2.05) is 30.3 Å². The first-order valence-electron chi connectivity index (χ1n) is 8.91. The first kappa shape index (κ1) is 19.9. The lowest BCUT2D eigenvalue weighted by molar-refractivity contribution is -0.112. The smallest absolute Gasteiger partial charge is 0.267 e. The average molecular weight is 361 g/mol. The van der Waals surface area contributed by atoms with E-state index in [0.29, 0.717) is 16.9 Å². The fourth-order valence-corrected chi connectivity index (χ4v) is 2.47. The molecule has 0 unspecified atom stereocenters. The molecule has 0 aromatic heterocycles. The number of Topliss-reactive ketones (excluding diaryl/α,β-unsaturated/α-hetero) is 1.